The molecule has 25 heavy (non-hydrogen) atoms. The molecule has 1 heterocycles. The molecule has 1 amide bonds. The number of amides is 1. The smallest absolute Gasteiger partial charge is 0.310 e. The topological polar surface area (TPSA) is 74.2 Å². The third kappa shape index (κ3) is 6.99. The number of methoxy groups -OCH3 is 1. The van der Waals surface area contributed by atoms with Crippen LogP contribution < -0.4 is 5.32 Å². The van der Waals surface area contributed by atoms with Crippen LogP contribution in [0.1, 0.15) is 34.1 Å². The Morgan fingerprint density at radius 2 is 1.88 bits per heavy atom. The highest BCUT2D eigenvalue weighted by atomic mass is 127. The van der Waals surface area contributed by atoms with Crippen LogP contribution in [0.15, 0.2) is 4.99 Å². The molecule has 7 nitrogen and oxygen atoms in total. The van der Waals surface area contributed by atoms with Crippen LogP contribution in [0.2, 0.25) is 0 Å². The molecule has 0 spiro atoms. The molecule has 8 heteroatoms. The van der Waals surface area contributed by atoms with E-state index >= 15 is 0 Å². The molecule has 1 N–H and O–H groups in total. The van der Waals surface area contributed by atoms with E-state index < -0.39 is 0 Å². The molecule has 0 aromatic rings. The first kappa shape index (κ1) is 23.9. The molecular weight excluding hydrogens is 435 g/mol. The van der Waals surface area contributed by atoms with E-state index in [1.54, 1.807) is 0 Å². The van der Waals surface area contributed by atoms with Gasteiger partial charge >= 0.3 is 5.97 Å². The number of nitrogens with zero attached hydrogens (tertiary/aromatic N) is 3. The quantitative estimate of drug-likeness (QED) is 0.266. The molecule has 0 bridgehead atoms. The third-order valence-electron chi connectivity index (χ3n) is 4.45. The van der Waals surface area contributed by atoms with Gasteiger partial charge in [-0.05, 0) is 26.7 Å². The lowest BCUT2D eigenvalue weighted by Gasteiger charge is -2.22. The van der Waals surface area contributed by atoms with E-state index in [1.807, 2.05) is 25.7 Å². The van der Waals surface area contributed by atoms with E-state index in [2.05, 4.69) is 22.1 Å². The Morgan fingerprint density at radius 1 is 1.24 bits per heavy atom. The lowest BCUT2D eigenvalue weighted by Crippen LogP contribution is -2.41. The Kier molecular flexibility index (Phi) is 11.8. The molecule has 146 valence electrons. The van der Waals surface area contributed by atoms with Crippen LogP contribution in [0.4, 0.5) is 0 Å². The second-order valence-electron chi connectivity index (χ2n) is 6.06. The van der Waals surface area contributed by atoms with Gasteiger partial charge in [0.2, 0.25) is 5.91 Å². The summed E-state index contributed by atoms with van der Waals surface area (Å²) in [5, 5.41) is 3.25. The SMILES string of the molecule is CCNC(=NCCC(=O)N(CC)CC)N1CC(C)C(C(=O)OC)C1.I. The van der Waals surface area contributed by atoms with E-state index in [1.165, 1.54) is 7.11 Å². The zero-order valence-electron chi connectivity index (χ0n) is 16.1. The number of hydrogen-bond donors (Lipinski definition) is 1. The van der Waals surface area contributed by atoms with Crippen LogP contribution in [-0.4, -0.2) is 74.0 Å². The summed E-state index contributed by atoms with van der Waals surface area (Å²) >= 11 is 0. The highest BCUT2D eigenvalue weighted by Gasteiger charge is 2.36. The molecule has 0 aromatic heterocycles. The predicted octanol–water partition coefficient (Wildman–Crippen LogP) is 1.57. The fourth-order valence-electron chi connectivity index (χ4n) is 3.02. The van der Waals surface area contributed by atoms with Crippen LogP contribution in [0, 0.1) is 11.8 Å². The maximum absolute atomic E-state index is 12.1. The summed E-state index contributed by atoms with van der Waals surface area (Å²) in [6.07, 6.45) is 0.403. The van der Waals surface area contributed by atoms with E-state index in [-0.39, 0.29) is 47.7 Å². The Morgan fingerprint density at radius 3 is 2.40 bits per heavy atom. The molecule has 0 aliphatic carbocycles. The number of esters is 1. The van der Waals surface area contributed by atoms with E-state index in [0.29, 0.717) is 19.5 Å². The lowest BCUT2D eigenvalue weighted by atomic mass is 9.99. The minimum Gasteiger partial charge on any atom is -0.469 e. The minimum absolute atomic E-state index is 0. The van der Waals surface area contributed by atoms with Gasteiger partial charge in [0.1, 0.15) is 0 Å². The predicted molar refractivity (Wildman–Crippen MR) is 110 cm³/mol. The van der Waals surface area contributed by atoms with Gasteiger partial charge < -0.3 is 19.9 Å². The van der Waals surface area contributed by atoms with Crippen molar-refractivity contribution >= 4 is 41.8 Å². The number of likely N-dealkylation sites (tertiary alicyclic amines) is 1. The maximum atomic E-state index is 12.1. The van der Waals surface area contributed by atoms with Gasteiger partial charge in [-0.1, -0.05) is 6.92 Å². The first-order valence-corrected chi connectivity index (χ1v) is 8.87. The Hall–Kier alpha value is -1.06. The average Bonchev–Trinajstić information content (AvgIpc) is 2.96. The molecule has 0 radical (unpaired) electrons. The number of carbonyl (C=O) groups is 2. The third-order valence-corrected chi connectivity index (χ3v) is 4.45. The van der Waals surface area contributed by atoms with Crippen molar-refractivity contribution in [2.45, 2.75) is 34.1 Å². The molecule has 0 aromatic carbocycles. The first-order chi connectivity index (χ1) is 11.5. The number of carbonyl (C=O) groups excluding carboxylic acids is 2. The van der Waals surface area contributed by atoms with Crippen molar-refractivity contribution in [2.75, 3.05) is 46.4 Å². The summed E-state index contributed by atoms with van der Waals surface area (Å²) in [5.41, 5.74) is 0. The number of guanidine groups is 1. The fraction of sp³-hybridized carbons (Fsp3) is 0.824. The van der Waals surface area contributed by atoms with Crippen LogP contribution in [0.25, 0.3) is 0 Å². The molecule has 1 aliphatic heterocycles. The molecule has 0 saturated carbocycles. The summed E-state index contributed by atoms with van der Waals surface area (Å²) in [6, 6.07) is 0. The van der Waals surface area contributed by atoms with Gasteiger partial charge in [-0.25, -0.2) is 0 Å². The molecule has 1 aliphatic rings. The molecule has 1 rings (SSSR count). The van der Waals surface area contributed by atoms with Crippen molar-refractivity contribution in [3.8, 4) is 0 Å². The average molecular weight is 468 g/mol. The normalized spacial score (nSPS) is 20.0. The molecule has 1 saturated heterocycles. The molecule has 2 unspecified atom stereocenters. The molecular formula is C17H33IN4O3. The highest BCUT2D eigenvalue weighted by Crippen LogP contribution is 2.24. The Bertz CT molecular complexity index is 455. The van der Waals surface area contributed by atoms with Crippen molar-refractivity contribution in [3.05, 3.63) is 0 Å². The van der Waals surface area contributed by atoms with Gasteiger partial charge in [-0.2, -0.15) is 0 Å². The lowest BCUT2D eigenvalue weighted by molar-refractivity contribution is -0.146. The van der Waals surface area contributed by atoms with E-state index in [9.17, 15) is 9.59 Å². The monoisotopic (exact) mass is 468 g/mol. The van der Waals surface area contributed by atoms with Crippen LogP contribution in [-0.2, 0) is 14.3 Å². The Balaban J connectivity index is 0.00000576. The van der Waals surface area contributed by atoms with Gasteiger partial charge in [0.05, 0.1) is 19.6 Å². The van der Waals surface area contributed by atoms with Gasteiger partial charge in [0, 0.05) is 39.1 Å². The fourth-order valence-corrected chi connectivity index (χ4v) is 3.02. The van der Waals surface area contributed by atoms with E-state index in [0.717, 1.165) is 32.1 Å². The Labute approximate surface area is 168 Å². The van der Waals surface area contributed by atoms with Crippen LogP contribution >= 0.6 is 24.0 Å². The molecule has 2 atom stereocenters. The van der Waals surface area contributed by atoms with Crippen molar-refractivity contribution in [1.82, 2.24) is 15.1 Å². The molecule has 1 fully saturated rings. The van der Waals surface area contributed by atoms with Crippen molar-refractivity contribution in [3.63, 3.8) is 0 Å². The number of hydrogen-bond acceptors (Lipinski definition) is 4. The summed E-state index contributed by atoms with van der Waals surface area (Å²) in [6.45, 7) is 12.0. The minimum atomic E-state index is -0.169. The van der Waals surface area contributed by atoms with Crippen molar-refractivity contribution < 1.29 is 14.3 Å². The van der Waals surface area contributed by atoms with Crippen molar-refractivity contribution in [2.24, 2.45) is 16.8 Å². The summed E-state index contributed by atoms with van der Waals surface area (Å²) in [7, 11) is 1.43. The zero-order chi connectivity index (χ0) is 18.1. The standard InChI is InChI=1S/C17H32N4O3.HI/c1-6-18-17(19-10-9-15(22)20(7-2)8-3)21-11-13(4)14(12-21)16(23)24-5;/h13-14H,6-12H2,1-5H3,(H,18,19);1H. The van der Waals surface area contributed by atoms with Crippen LogP contribution in [0.3, 0.4) is 0 Å². The van der Waals surface area contributed by atoms with Crippen LogP contribution in [0.5, 0.6) is 0 Å². The zero-order valence-corrected chi connectivity index (χ0v) is 18.4. The van der Waals surface area contributed by atoms with Gasteiger partial charge in [0.25, 0.3) is 0 Å². The largest absolute Gasteiger partial charge is 0.469 e. The summed E-state index contributed by atoms with van der Waals surface area (Å²) in [4.78, 5) is 32.4. The number of nitrogens with one attached hydrogen (secondary N) is 1. The van der Waals surface area contributed by atoms with Gasteiger partial charge in [-0.3, -0.25) is 14.6 Å². The van der Waals surface area contributed by atoms with Gasteiger partial charge in [-0.15, -0.1) is 24.0 Å². The van der Waals surface area contributed by atoms with Crippen molar-refractivity contribution in [1.29, 1.82) is 0 Å². The first-order valence-electron chi connectivity index (χ1n) is 8.87. The highest BCUT2D eigenvalue weighted by molar-refractivity contribution is 14.0. The number of rotatable bonds is 7. The summed E-state index contributed by atoms with van der Waals surface area (Å²) < 4.78 is 4.88. The second kappa shape index (κ2) is 12.3. The number of halogens is 1. The number of ether oxygens (including phenoxy) is 1. The van der Waals surface area contributed by atoms with E-state index in [4.69, 9.17) is 4.74 Å². The maximum Gasteiger partial charge on any atom is 0.310 e. The van der Waals surface area contributed by atoms with Gasteiger partial charge in [0.15, 0.2) is 5.96 Å². The summed E-state index contributed by atoms with van der Waals surface area (Å²) in [5.74, 6) is 0.817. The number of aliphatic imine (C=N–C) groups is 1. The second-order valence-corrected chi connectivity index (χ2v) is 6.06.